The molecular formula is C8H6Br2OS. The molecule has 0 aliphatic heterocycles. The number of carbonyl (C=O) groups excluding carboxylic acids is 1. The lowest BCUT2D eigenvalue weighted by Gasteiger charge is -1.84. The summed E-state index contributed by atoms with van der Waals surface area (Å²) in [6, 6.07) is 3.76. The lowest BCUT2D eigenvalue weighted by Crippen LogP contribution is -1.83. The summed E-state index contributed by atoms with van der Waals surface area (Å²) < 4.78 is 0.881. The van der Waals surface area contributed by atoms with Gasteiger partial charge in [0.05, 0.1) is 8.27 Å². The zero-order chi connectivity index (χ0) is 9.14. The minimum Gasteiger partial charge on any atom is -0.294 e. The second-order valence-electron chi connectivity index (χ2n) is 2.19. The summed E-state index contributed by atoms with van der Waals surface area (Å²) in [5.74, 6) is 0.116. The molecule has 0 saturated carbocycles. The van der Waals surface area contributed by atoms with Crippen LogP contribution in [0.2, 0.25) is 0 Å². The van der Waals surface area contributed by atoms with Crippen LogP contribution in [0.4, 0.5) is 0 Å². The third-order valence-electron chi connectivity index (χ3n) is 1.23. The third kappa shape index (κ3) is 2.84. The maximum absolute atomic E-state index is 10.9. The topological polar surface area (TPSA) is 17.1 Å². The lowest BCUT2D eigenvalue weighted by molar-refractivity contribution is 0.102. The summed E-state index contributed by atoms with van der Waals surface area (Å²) in [4.78, 5) is 12.8. The number of ketones is 1. The van der Waals surface area contributed by atoms with Gasteiger partial charge < -0.3 is 0 Å². The first-order valence-corrected chi connectivity index (χ1v) is 5.63. The van der Waals surface area contributed by atoms with E-state index in [4.69, 9.17) is 0 Å². The predicted molar refractivity (Wildman–Crippen MR) is 60.2 cm³/mol. The zero-order valence-electron chi connectivity index (χ0n) is 6.30. The fourth-order valence-corrected chi connectivity index (χ4v) is 2.37. The number of hydrogen-bond donors (Lipinski definition) is 0. The van der Waals surface area contributed by atoms with Gasteiger partial charge >= 0.3 is 0 Å². The highest BCUT2D eigenvalue weighted by Crippen LogP contribution is 2.23. The molecule has 0 amide bonds. The molecule has 0 N–H and O–H groups in total. The number of thiophene rings is 1. The van der Waals surface area contributed by atoms with E-state index in [1.165, 1.54) is 11.3 Å². The molecule has 1 rings (SSSR count). The van der Waals surface area contributed by atoms with Crippen LogP contribution >= 0.6 is 43.2 Å². The Morgan fingerprint density at radius 2 is 2.17 bits per heavy atom. The van der Waals surface area contributed by atoms with Gasteiger partial charge in [-0.1, -0.05) is 0 Å². The van der Waals surface area contributed by atoms with E-state index < -0.39 is 0 Å². The predicted octanol–water partition coefficient (Wildman–Crippen LogP) is 4.04. The van der Waals surface area contributed by atoms with E-state index in [0.717, 1.165) is 13.1 Å². The smallest absolute Gasteiger partial charge is 0.169 e. The molecule has 0 aromatic carbocycles. The quantitative estimate of drug-likeness (QED) is 0.754. The molecule has 1 heterocycles. The minimum absolute atomic E-state index is 0.116. The summed E-state index contributed by atoms with van der Waals surface area (Å²) >= 11 is 8.00. The maximum atomic E-state index is 10.9. The molecule has 0 aliphatic rings. The molecule has 0 unspecified atom stereocenters. The molecule has 0 fully saturated rings. The van der Waals surface area contributed by atoms with Crippen LogP contribution in [0, 0.1) is 0 Å². The maximum Gasteiger partial charge on any atom is 0.169 e. The molecule has 4 heteroatoms. The Balaban J connectivity index is 2.92. The fraction of sp³-hybridized carbons (Fsp3) is 0.125. The number of halogens is 2. The SMILES string of the molecule is CC(=O)c1ccc(C=C(Br)Br)s1. The highest BCUT2D eigenvalue weighted by atomic mass is 79.9. The normalized spacial score (nSPS) is 9.58. The van der Waals surface area contributed by atoms with Crippen LogP contribution in [-0.4, -0.2) is 5.78 Å². The summed E-state index contributed by atoms with van der Waals surface area (Å²) in [6.07, 6.45) is 1.91. The molecule has 0 saturated heterocycles. The minimum atomic E-state index is 0.116. The van der Waals surface area contributed by atoms with Crippen molar-refractivity contribution in [3.63, 3.8) is 0 Å². The molecule has 0 spiro atoms. The van der Waals surface area contributed by atoms with Gasteiger partial charge in [-0.3, -0.25) is 4.79 Å². The first-order chi connectivity index (χ1) is 5.59. The molecule has 64 valence electrons. The summed E-state index contributed by atoms with van der Waals surface area (Å²) in [5.41, 5.74) is 0. The van der Waals surface area contributed by atoms with Crippen LogP contribution in [0.25, 0.3) is 6.08 Å². The molecule has 0 atom stereocenters. The molecule has 12 heavy (non-hydrogen) atoms. The molecule has 0 bridgehead atoms. The summed E-state index contributed by atoms with van der Waals surface area (Å²) in [5, 5.41) is 0. The van der Waals surface area contributed by atoms with Crippen LogP contribution < -0.4 is 0 Å². The first kappa shape index (κ1) is 10.2. The zero-order valence-corrected chi connectivity index (χ0v) is 10.3. The van der Waals surface area contributed by atoms with E-state index in [1.54, 1.807) is 6.92 Å². The Morgan fingerprint density at radius 1 is 1.50 bits per heavy atom. The average molecular weight is 310 g/mol. The molecule has 0 aliphatic carbocycles. The van der Waals surface area contributed by atoms with Crippen molar-refractivity contribution >= 4 is 55.1 Å². The van der Waals surface area contributed by atoms with Crippen molar-refractivity contribution in [2.24, 2.45) is 0 Å². The van der Waals surface area contributed by atoms with E-state index in [0.29, 0.717) is 0 Å². The Hall–Kier alpha value is 0.0700. The Bertz CT molecular complexity index is 324. The first-order valence-electron chi connectivity index (χ1n) is 3.23. The largest absolute Gasteiger partial charge is 0.294 e. The highest BCUT2D eigenvalue weighted by molar-refractivity contribution is 9.28. The van der Waals surface area contributed by atoms with Crippen molar-refractivity contribution in [3.05, 3.63) is 25.3 Å². The Morgan fingerprint density at radius 3 is 2.58 bits per heavy atom. The van der Waals surface area contributed by atoms with E-state index in [2.05, 4.69) is 31.9 Å². The number of hydrogen-bond acceptors (Lipinski definition) is 2. The van der Waals surface area contributed by atoms with Gasteiger partial charge in [0.2, 0.25) is 0 Å². The van der Waals surface area contributed by atoms with Gasteiger partial charge in [0.25, 0.3) is 0 Å². The number of carbonyl (C=O) groups is 1. The van der Waals surface area contributed by atoms with Crippen molar-refractivity contribution in [3.8, 4) is 0 Å². The fourth-order valence-electron chi connectivity index (χ4n) is 0.727. The van der Waals surface area contributed by atoms with Crippen LogP contribution in [0.3, 0.4) is 0 Å². The second-order valence-corrected chi connectivity index (χ2v) is 6.08. The van der Waals surface area contributed by atoms with Gasteiger partial charge in [-0.25, -0.2) is 0 Å². The Labute approximate surface area is 91.7 Å². The molecule has 1 aromatic rings. The van der Waals surface area contributed by atoms with Gasteiger partial charge in [-0.2, -0.15) is 0 Å². The van der Waals surface area contributed by atoms with Crippen molar-refractivity contribution < 1.29 is 4.79 Å². The van der Waals surface area contributed by atoms with Gasteiger partial charge in [-0.15, -0.1) is 11.3 Å². The standard InChI is InChI=1S/C8H6Br2OS/c1-5(11)7-3-2-6(12-7)4-8(9)10/h2-4H,1H3. The molecular weight excluding hydrogens is 304 g/mol. The van der Waals surface area contributed by atoms with Gasteiger partial charge in [0.1, 0.15) is 0 Å². The molecule has 1 nitrogen and oxygen atoms in total. The van der Waals surface area contributed by atoms with Gasteiger partial charge in [0.15, 0.2) is 5.78 Å². The van der Waals surface area contributed by atoms with E-state index in [9.17, 15) is 4.79 Å². The van der Waals surface area contributed by atoms with Crippen molar-refractivity contribution in [1.82, 2.24) is 0 Å². The van der Waals surface area contributed by atoms with Crippen molar-refractivity contribution in [2.45, 2.75) is 6.92 Å². The van der Waals surface area contributed by atoms with E-state index in [1.807, 2.05) is 18.2 Å². The number of rotatable bonds is 2. The number of Topliss-reactive ketones (excluding diaryl/α,β-unsaturated/α-hetero) is 1. The molecule has 1 aromatic heterocycles. The Kier molecular flexibility index (Phi) is 3.68. The van der Waals surface area contributed by atoms with E-state index in [-0.39, 0.29) is 5.78 Å². The van der Waals surface area contributed by atoms with Crippen LogP contribution in [-0.2, 0) is 0 Å². The lowest BCUT2D eigenvalue weighted by atomic mass is 10.3. The monoisotopic (exact) mass is 308 g/mol. The second kappa shape index (κ2) is 4.35. The van der Waals surface area contributed by atoms with Gasteiger partial charge in [0, 0.05) is 4.88 Å². The van der Waals surface area contributed by atoms with Crippen LogP contribution in [0.15, 0.2) is 15.5 Å². The summed E-state index contributed by atoms with van der Waals surface area (Å²) in [7, 11) is 0. The van der Waals surface area contributed by atoms with Crippen molar-refractivity contribution in [1.29, 1.82) is 0 Å². The third-order valence-corrected chi connectivity index (χ3v) is 2.82. The average Bonchev–Trinajstić information content (AvgIpc) is 2.34. The summed E-state index contributed by atoms with van der Waals surface area (Å²) in [6.45, 7) is 1.57. The van der Waals surface area contributed by atoms with Gasteiger partial charge in [-0.05, 0) is 57.0 Å². The van der Waals surface area contributed by atoms with Crippen LogP contribution in [0.1, 0.15) is 21.5 Å². The van der Waals surface area contributed by atoms with Crippen molar-refractivity contribution in [2.75, 3.05) is 0 Å². The highest BCUT2D eigenvalue weighted by Gasteiger charge is 2.01. The van der Waals surface area contributed by atoms with E-state index >= 15 is 0 Å². The van der Waals surface area contributed by atoms with Crippen LogP contribution in [0.5, 0.6) is 0 Å². The molecule has 0 radical (unpaired) electrons.